The maximum atomic E-state index is 8.60. The Bertz CT molecular complexity index is 91.6. The fourth-order valence-corrected chi connectivity index (χ4v) is 1.04. The number of hydrogen-bond acceptors (Lipinski definition) is 4. The van der Waals surface area contributed by atoms with Crippen molar-refractivity contribution in [2.24, 2.45) is 0 Å². The molecule has 0 spiro atoms. The summed E-state index contributed by atoms with van der Waals surface area (Å²) in [6, 6.07) is 0. The van der Waals surface area contributed by atoms with Gasteiger partial charge in [-0.1, -0.05) is 0 Å². The molecule has 0 unspecified atom stereocenters. The second-order valence-corrected chi connectivity index (χ2v) is 3.03. The van der Waals surface area contributed by atoms with Crippen molar-refractivity contribution >= 4 is 0 Å². The molecule has 2 atom stereocenters. The maximum Gasteiger partial charge on any atom is 0.0795 e. The molecule has 0 aromatic rings. The molecule has 2 heterocycles. The normalized spacial score (nSPS) is 34.5. The van der Waals surface area contributed by atoms with Gasteiger partial charge in [0.15, 0.2) is 0 Å². The highest BCUT2D eigenvalue weighted by atomic mass is 16.5. The molecule has 72 valence electrons. The topological polar surface area (TPSA) is 58.9 Å². The van der Waals surface area contributed by atoms with Crippen LogP contribution in [0, 0.1) is 0 Å². The molecule has 2 aliphatic rings. The summed E-state index contributed by atoms with van der Waals surface area (Å²) in [5, 5.41) is 17.2. The van der Waals surface area contributed by atoms with Gasteiger partial charge in [0.25, 0.3) is 0 Å². The summed E-state index contributed by atoms with van der Waals surface area (Å²) in [5.74, 6) is 0. The molecule has 0 bridgehead atoms. The van der Waals surface area contributed by atoms with Crippen molar-refractivity contribution in [3.63, 3.8) is 0 Å². The molecular formula is C8H16O4. The number of rotatable bonds is 0. The molecule has 0 aromatic carbocycles. The second kappa shape index (κ2) is 5.48. The van der Waals surface area contributed by atoms with Crippen LogP contribution < -0.4 is 0 Å². The van der Waals surface area contributed by atoms with Crippen LogP contribution in [0.5, 0.6) is 0 Å². The van der Waals surface area contributed by atoms with E-state index in [0.29, 0.717) is 13.2 Å². The standard InChI is InChI=1S/2C4H8O2/c2*5-4-1-2-6-3-4/h2*4-5H,1-3H2/t2*4-/m00/s1. The van der Waals surface area contributed by atoms with Crippen LogP contribution in [0.15, 0.2) is 0 Å². The highest BCUT2D eigenvalue weighted by molar-refractivity contribution is 4.58. The predicted molar refractivity (Wildman–Crippen MR) is 42.9 cm³/mol. The van der Waals surface area contributed by atoms with E-state index in [-0.39, 0.29) is 12.2 Å². The molecular weight excluding hydrogens is 160 g/mol. The van der Waals surface area contributed by atoms with E-state index in [1.54, 1.807) is 0 Å². The molecule has 4 nitrogen and oxygen atoms in total. The van der Waals surface area contributed by atoms with Crippen molar-refractivity contribution in [3.05, 3.63) is 0 Å². The molecule has 0 saturated carbocycles. The Morgan fingerprint density at radius 2 is 1.25 bits per heavy atom. The van der Waals surface area contributed by atoms with Crippen LogP contribution in [0.4, 0.5) is 0 Å². The fraction of sp³-hybridized carbons (Fsp3) is 1.00. The summed E-state index contributed by atoms with van der Waals surface area (Å²) in [4.78, 5) is 0. The van der Waals surface area contributed by atoms with Crippen LogP contribution in [0.1, 0.15) is 12.8 Å². The fourth-order valence-electron chi connectivity index (χ4n) is 1.04. The molecule has 0 radical (unpaired) electrons. The zero-order valence-corrected chi connectivity index (χ0v) is 7.11. The van der Waals surface area contributed by atoms with E-state index in [4.69, 9.17) is 19.7 Å². The molecule has 2 saturated heterocycles. The first-order valence-corrected chi connectivity index (χ1v) is 4.30. The van der Waals surface area contributed by atoms with E-state index >= 15 is 0 Å². The monoisotopic (exact) mass is 176 g/mol. The molecule has 0 aliphatic carbocycles. The Hall–Kier alpha value is -0.160. The van der Waals surface area contributed by atoms with Gasteiger partial charge in [0, 0.05) is 13.2 Å². The highest BCUT2D eigenvalue weighted by Crippen LogP contribution is 2.01. The summed E-state index contributed by atoms with van der Waals surface area (Å²) in [5.41, 5.74) is 0. The van der Waals surface area contributed by atoms with Gasteiger partial charge < -0.3 is 19.7 Å². The van der Waals surface area contributed by atoms with Crippen molar-refractivity contribution < 1.29 is 19.7 Å². The van der Waals surface area contributed by atoms with Gasteiger partial charge in [-0.25, -0.2) is 0 Å². The lowest BCUT2D eigenvalue weighted by atomic mass is 10.3. The van der Waals surface area contributed by atoms with Crippen LogP contribution in [-0.4, -0.2) is 48.8 Å². The summed E-state index contributed by atoms with van der Waals surface area (Å²) >= 11 is 0. The third-order valence-electron chi connectivity index (χ3n) is 1.81. The van der Waals surface area contributed by atoms with E-state index in [0.717, 1.165) is 26.1 Å². The molecule has 2 N–H and O–H groups in total. The van der Waals surface area contributed by atoms with Crippen LogP contribution >= 0.6 is 0 Å². The largest absolute Gasteiger partial charge is 0.391 e. The van der Waals surface area contributed by atoms with Gasteiger partial charge >= 0.3 is 0 Å². The second-order valence-electron chi connectivity index (χ2n) is 3.03. The summed E-state index contributed by atoms with van der Waals surface area (Å²) in [6.45, 7) is 2.56. The number of ether oxygens (including phenoxy) is 2. The molecule has 12 heavy (non-hydrogen) atoms. The first kappa shape index (κ1) is 9.92. The van der Waals surface area contributed by atoms with Gasteiger partial charge in [0.2, 0.25) is 0 Å². The SMILES string of the molecule is O[C@H]1CCOC1.O[C@H]1CCOC1. The highest BCUT2D eigenvalue weighted by Gasteiger charge is 2.10. The van der Waals surface area contributed by atoms with Gasteiger partial charge in [-0.15, -0.1) is 0 Å². The maximum absolute atomic E-state index is 8.60. The minimum absolute atomic E-state index is 0.176. The van der Waals surface area contributed by atoms with E-state index in [2.05, 4.69) is 0 Å². The Morgan fingerprint density at radius 1 is 0.833 bits per heavy atom. The van der Waals surface area contributed by atoms with Crippen LogP contribution in [0.2, 0.25) is 0 Å². The number of aliphatic hydroxyl groups excluding tert-OH is 2. The number of aliphatic hydroxyl groups is 2. The van der Waals surface area contributed by atoms with Crippen LogP contribution in [0.25, 0.3) is 0 Å². The van der Waals surface area contributed by atoms with Crippen LogP contribution in [-0.2, 0) is 9.47 Å². The third kappa shape index (κ3) is 4.01. The molecule has 2 fully saturated rings. The quantitative estimate of drug-likeness (QED) is 0.524. The smallest absolute Gasteiger partial charge is 0.0795 e. The van der Waals surface area contributed by atoms with Crippen LogP contribution in [0.3, 0.4) is 0 Å². The van der Waals surface area contributed by atoms with Gasteiger partial charge in [-0.3, -0.25) is 0 Å². The first-order valence-electron chi connectivity index (χ1n) is 4.30. The van der Waals surface area contributed by atoms with Crippen molar-refractivity contribution in [1.82, 2.24) is 0 Å². The number of hydrogen-bond donors (Lipinski definition) is 2. The molecule has 4 heteroatoms. The van der Waals surface area contributed by atoms with E-state index < -0.39 is 0 Å². The molecule has 0 amide bonds. The average molecular weight is 176 g/mol. The Kier molecular flexibility index (Phi) is 4.53. The zero-order chi connectivity index (χ0) is 8.81. The van der Waals surface area contributed by atoms with Gasteiger partial charge in [-0.05, 0) is 12.8 Å². The molecule has 0 aromatic heterocycles. The molecule has 2 aliphatic heterocycles. The molecule has 2 rings (SSSR count). The summed E-state index contributed by atoms with van der Waals surface area (Å²) in [6.07, 6.45) is 1.29. The lowest BCUT2D eigenvalue weighted by Gasteiger charge is -1.89. The summed E-state index contributed by atoms with van der Waals surface area (Å²) < 4.78 is 9.61. The van der Waals surface area contributed by atoms with E-state index in [1.165, 1.54) is 0 Å². The van der Waals surface area contributed by atoms with Crippen molar-refractivity contribution in [2.45, 2.75) is 25.0 Å². The Labute approximate surface area is 72.1 Å². The van der Waals surface area contributed by atoms with Gasteiger partial charge in [0.1, 0.15) is 0 Å². The lowest BCUT2D eigenvalue weighted by molar-refractivity contribution is 0.127. The van der Waals surface area contributed by atoms with Crippen molar-refractivity contribution in [2.75, 3.05) is 26.4 Å². The Balaban J connectivity index is 0.000000120. The van der Waals surface area contributed by atoms with Crippen molar-refractivity contribution in [3.8, 4) is 0 Å². The Morgan fingerprint density at radius 3 is 1.33 bits per heavy atom. The minimum Gasteiger partial charge on any atom is -0.391 e. The van der Waals surface area contributed by atoms with E-state index in [9.17, 15) is 0 Å². The third-order valence-corrected chi connectivity index (χ3v) is 1.81. The van der Waals surface area contributed by atoms with E-state index in [1.807, 2.05) is 0 Å². The summed E-state index contributed by atoms with van der Waals surface area (Å²) in [7, 11) is 0. The zero-order valence-electron chi connectivity index (χ0n) is 7.11. The minimum atomic E-state index is -0.176. The average Bonchev–Trinajstić information content (AvgIpc) is 2.63. The van der Waals surface area contributed by atoms with Gasteiger partial charge in [-0.2, -0.15) is 0 Å². The predicted octanol–water partition coefficient (Wildman–Crippen LogP) is -0.465. The first-order chi connectivity index (χ1) is 5.79. The van der Waals surface area contributed by atoms with Crippen molar-refractivity contribution in [1.29, 1.82) is 0 Å². The van der Waals surface area contributed by atoms with Gasteiger partial charge in [0.05, 0.1) is 25.4 Å². The lowest BCUT2D eigenvalue weighted by Crippen LogP contribution is -2.02.